The molecule has 4 nitrogen and oxygen atoms in total. The van der Waals surface area contributed by atoms with Crippen molar-refractivity contribution in [2.45, 2.75) is 26.3 Å². The predicted molar refractivity (Wildman–Crippen MR) is 92.5 cm³/mol. The molecule has 5 heteroatoms. The summed E-state index contributed by atoms with van der Waals surface area (Å²) in [6.07, 6.45) is 0.965. The Balaban J connectivity index is 1.58. The summed E-state index contributed by atoms with van der Waals surface area (Å²) in [5.41, 5.74) is 1.32. The third-order valence-corrected chi connectivity index (χ3v) is 5.23. The second-order valence-corrected chi connectivity index (χ2v) is 7.08. The Morgan fingerprint density at radius 1 is 1.22 bits per heavy atom. The first-order valence-electron chi connectivity index (χ1n) is 7.80. The van der Waals surface area contributed by atoms with Crippen molar-refractivity contribution in [1.82, 2.24) is 5.32 Å². The van der Waals surface area contributed by atoms with E-state index in [1.54, 1.807) is 35.6 Å². The quantitative estimate of drug-likeness (QED) is 0.876. The zero-order valence-electron chi connectivity index (χ0n) is 13.2. The van der Waals surface area contributed by atoms with Crippen molar-refractivity contribution in [3.05, 3.63) is 52.2 Å². The predicted octanol–water partition coefficient (Wildman–Crippen LogP) is 3.83. The van der Waals surface area contributed by atoms with Gasteiger partial charge in [0.05, 0.1) is 6.04 Å². The van der Waals surface area contributed by atoms with Crippen LogP contribution >= 0.6 is 11.3 Å². The second kappa shape index (κ2) is 6.54. The molecule has 0 saturated heterocycles. The molecule has 23 heavy (non-hydrogen) atoms. The molecule has 1 aromatic heterocycles. The van der Waals surface area contributed by atoms with E-state index in [0.717, 1.165) is 17.0 Å². The Kier molecular flexibility index (Phi) is 4.48. The number of anilines is 1. The molecule has 1 aromatic carbocycles. The van der Waals surface area contributed by atoms with E-state index < -0.39 is 0 Å². The minimum Gasteiger partial charge on any atom is -0.345 e. The minimum absolute atomic E-state index is 0.0155. The Hall–Kier alpha value is -2.14. The molecule has 0 bridgehead atoms. The number of benzene rings is 1. The lowest BCUT2D eigenvalue weighted by atomic mass is 10.1. The van der Waals surface area contributed by atoms with E-state index in [1.165, 1.54) is 0 Å². The highest BCUT2D eigenvalue weighted by Crippen LogP contribution is 2.38. The lowest BCUT2D eigenvalue weighted by Gasteiger charge is -2.12. The molecule has 3 unspecified atom stereocenters. The second-order valence-electron chi connectivity index (χ2n) is 6.10. The van der Waals surface area contributed by atoms with Crippen molar-refractivity contribution in [1.29, 1.82) is 0 Å². The molecule has 0 spiro atoms. The maximum absolute atomic E-state index is 12.3. The molecule has 1 saturated carbocycles. The summed E-state index contributed by atoms with van der Waals surface area (Å²) in [5.74, 6) is 0.587. The van der Waals surface area contributed by atoms with Gasteiger partial charge in [-0.25, -0.2) is 0 Å². The zero-order valence-corrected chi connectivity index (χ0v) is 14.0. The van der Waals surface area contributed by atoms with Crippen molar-refractivity contribution in [2.24, 2.45) is 11.8 Å². The summed E-state index contributed by atoms with van der Waals surface area (Å²) >= 11 is 1.62. The van der Waals surface area contributed by atoms with Crippen LogP contribution in [0.15, 0.2) is 41.8 Å². The van der Waals surface area contributed by atoms with E-state index in [4.69, 9.17) is 0 Å². The van der Waals surface area contributed by atoms with Crippen LogP contribution in [-0.2, 0) is 4.79 Å². The van der Waals surface area contributed by atoms with E-state index in [1.807, 2.05) is 24.4 Å². The summed E-state index contributed by atoms with van der Waals surface area (Å²) in [7, 11) is 0. The number of carbonyl (C=O) groups is 2. The van der Waals surface area contributed by atoms with E-state index in [0.29, 0.717) is 11.5 Å². The first-order chi connectivity index (χ1) is 11.0. The summed E-state index contributed by atoms with van der Waals surface area (Å²) in [5, 5.41) is 7.87. The van der Waals surface area contributed by atoms with Gasteiger partial charge in [0.2, 0.25) is 5.91 Å². The van der Waals surface area contributed by atoms with Gasteiger partial charge in [0, 0.05) is 22.0 Å². The number of hydrogen-bond donors (Lipinski definition) is 2. The Morgan fingerprint density at radius 2 is 1.91 bits per heavy atom. The highest BCUT2D eigenvalue weighted by Gasteiger charge is 2.39. The SMILES string of the molecule is CC(NC(=O)c1ccc(NC(=O)C2CC2C)cc1)c1cccs1. The largest absolute Gasteiger partial charge is 0.345 e. The van der Waals surface area contributed by atoms with Gasteiger partial charge in [0.15, 0.2) is 0 Å². The van der Waals surface area contributed by atoms with Crippen LogP contribution in [0.25, 0.3) is 0 Å². The summed E-state index contributed by atoms with van der Waals surface area (Å²) in [4.78, 5) is 25.3. The van der Waals surface area contributed by atoms with Crippen LogP contribution in [0.2, 0.25) is 0 Å². The van der Waals surface area contributed by atoms with E-state index in [9.17, 15) is 9.59 Å². The fraction of sp³-hybridized carbons (Fsp3) is 0.333. The highest BCUT2D eigenvalue weighted by molar-refractivity contribution is 7.10. The Morgan fingerprint density at radius 3 is 2.48 bits per heavy atom. The standard InChI is InChI=1S/C18H20N2O2S/c1-11-10-15(11)18(22)20-14-7-5-13(6-8-14)17(21)19-12(2)16-4-3-9-23-16/h3-9,11-12,15H,10H2,1-2H3,(H,19,21)(H,20,22). The number of rotatable bonds is 5. The van der Waals surface area contributed by atoms with Crippen molar-refractivity contribution in [3.63, 3.8) is 0 Å². The number of hydrogen-bond acceptors (Lipinski definition) is 3. The third-order valence-electron chi connectivity index (χ3n) is 4.18. The maximum Gasteiger partial charge on any atom is 0.251 e. The van der Waals surface area contributed by atoms with Crippen LogP contribution in [-0.4, -0.2) is 11.8 Å². The summed E-state index contributed by atoms with van der Waals surface area (Å²) in [6.45, 7) is 4.04. The van der Waals surface area contributed by atoms with Crippen molar-refractivity contribution >= 4 is 28.8 Å². The Labute approximate surface area is 139 Å². The van der Waals surface area contributed by atoms with Gasteiger partial charge in [0.1, 0.15) is 0 Å². The van der Waals surface area contributed by atoms with Gasteiger partial charge < -0.3 is 10.6 Å². The van der Waals surface area contributed by atoms with E-state index >= 15 is 0 Å². The molecule has 3 atom stereocenters. The fourth-order valence-corrected chi connectivity index (χ4v) is 3.25. The van der Waals surface area contributed by atoms with E-state index in [2.05, 4.69) is 17.6 Å². The molecular formula is C18H20N2O2S. The molecule has 2 N–H and O–H groups in total. The van der Waals surface area contributed by atoms with Gasteiger partial charge in [-0.3, -0.25) is 9.59 Å². The highest BCUT2D eigenvalue weighted by atomic mass is 32.1. The number of nitrogens with one attached hydrogen (secondary N) is 2. The van der Waals surface area contributed by atoms with Crippen LogP contribution in [0.5, 0.6) is 0 Å². The van der Waals surface area contributed by atoms with Crippen LogP contribution in [0, 0.1) is 11.8 Å². The fourth-order valence-electron chi connectivity index (χ4n) is 2.52. The molecule has 0 radical (unpaired) electrons. The van der Waals surface area contributed by atoms with Crippen molar-refractivity contribution in [3.8, 4) is 0 Å². The minimum atomic E-state index is -0.111. The van der Waals surface area contributed by atoms with Crippen LogP contribution < -0.4 is 10.6 Å². The monoisotopic (exact) mass is 328 g/mol. The van der Waals surface area contributed by atoms with Gasteiger partial charge in [-0.2, -0.15) is 0 Å². The Bertz CT molecular complexity index is 694. The zero-order chi connectivity index (χ0) is 16.4. The average Bonchev–Trinajstić information content (AvgIpc) is 3.03. The first-order valence-corrected chi connectivity index (χ1v) is 8.67. The molecule has 120 valence electrons. The third kappa shape index (κ3) is 3.79. The average molecular weight is 328 g/mol. The molecule has 0 aliphatic heterocycles. The molecule has 1 heterocycles. The molecule has 1 fully saturated rings. The van der Waals surface area contributed by atoms with Gasteiger partial charge in [-0.1, -0.05) is 13.0 Å². The van der Waals surface area contributed by atoms with Crippen molar-refractivity contribution in [2.75, 3.05) is 5.32 Å². The van der Waals surface area contributed by atoms with Gasteiger partial charge in [-0.05, 0) is 55.0 Å². The molecule has 1 aliphatic rings. The summed E-state index contributed by atoms with van der Waals surface area (Å²) in [6, 6.07) is 11.0. The molecule has 2 amide bonds. The number of carbonyl (C=O) groups excluding carboxylic acids is 2. The van der Waals surface area contributed by atoms with Crippen LogP contribution in [0.3, 0.4) is 0 Å². The number of thiophene rings is 1. The van der Waals surface area contributed by atoms with Crippen LogP contribution in [0.1, 0.15) is 41.5 Å². The first kappa shape index (κ1) is 15.7. The van der Waals surface area contributed by atoms with Gasteiger partial charge >= 0.3 is 0 Å². The lowest BCUT2D eigenvalue weighted by molar-refractivity contribution is -0.117. The normalized spacial score (nSPS) is 20.6. The molecule has 2 aromatic rings. The van der Waals surface area contributed by atoms with Crippen LogP contribution in [0.4, 0.5) is 5.69 Å². The molecule has 1 aliphatic carbocycles. The number of amides is 2. The topological polar surface area (TPSA) is 58.2 Å². The summed E-state index contributed by atoms with van der Waals surface area (Å²) < 4.78 is 0. The molecular weight excluding hydrogens is 308 g/mol. The van der Waals surface area contributed by atoms with Crippen molar-refractivity contribution < 1.29 is 9.59 Å². The lowest BCUT2D eigenvalue weighted by Crippen LogP contribution is -2.26. The van der Waals surface area contributed by atoms with Gasteiger partial charge in [0.25, 0.3) is 5.91 Å². The van der Waals surface area contributed by atoms with E-state index in [-0.39, 0.29) is 23.8 Å². The maximum atomic E-state index is 12.3. The van der Waals surface area contributed by atoms with Gasteiger partial charge in [-0.15, -0.1) is 11.3 Å². The smallest absolute Gasteiger partial charge is 0.251 e. The molecule has 3 rings (SSSR count).